The number of hydrogen-bond donors (Lipinski definition) is 0. The highest BCUT2D eigenvalue weighted by Gasteiger charge is 2.30. The molecular formula is C21H23ClN2O4S. The van der Waals surface area contributed by atoms with Gasteiger partial charge in [-0.1, -0.05) is 11.6 Å². The Morgan fingerprint density at radius 2 is 1.79 bits per heavy atom. The number of nitrogens with zero attached hydrogens (tertiary/aromatic N) is 2. The van der Waals surface area contributed by atoms with E-state index in [4.69, 9.17) is 16.3 Å². The van der Waals surface area contributed by atoms with Gasteiger partial charge in [-0.3, -0.25) is 4.79 Å². The minimum atomic E-state index is -3.49. The number of benzene rings is 2. The monoisotopic (exact) mass is 434 g/mol. The fraction of sp³-hybridized carbons (Fsp3) is 0.381. The van der Waals surface area contributed by atoms with Crippen LogP contribution in [0.25, 0.3) is 0 Å². The van der Waals surface area contributed by atoms with Crippen molar-refractivity contribution in [1.29, 1.82) is 0 Å². The molecule has 0 unspecified atom stereocenters. The Morgan fingerprint density at radius 1 is 1.03 bits per heavy atom. The van der Waals surface area contributed by atoms with Gasteiger partial charge in [-0.15, -0.1) is 0 Å². The van der Waals surface area contributed by atoms with E-state index in [1.807, 2.05) is 0 Å². The Balaban J connectivity index is 1.69. The summed E-state index contributed by atoms with van der Waals surface area (Å²) in [5.41, 5.74) is 2.00. The third-order valence-electron chi connectivity index (χ3n) is 5.51. The molecule has 2 aliphatic rings. The van der Waals surface area contributed by atoms with Gasteiger partial charge in [0.2, 0.25) is 10.0 Å². The van der Waals surface area contributed by atoms with Crippen LogP contribution in [0, 0.1) is 0 Å². The fourth-order valence-electron chi connectivity index (χ4n) is 4.02. The van der Waals surface area contributed by atoms with Crippen molar-refractivity contribution in [3.63, 3.8) is 0 Å². The topological polar surface area (TPSA) is 66.9 Å². The van der Waals surface area contributed by atoms with Crippen LogP contribution < -0.4 is 9.64 Å². The zero-order valence-corrected chi connectivity index (χ0v) is 17.8. The molecule has 0 spiro atoms. The van der Waals surface area contributed by atoms with Crippen molar-refractivity contribution in [2.45, 2.75) is 30.6 Å². The summed E-state index contributed by atoms with van der Waals surface area (Å²) in [6.07, 6.45) is 3.28. The van der Waals surface area contributed by atoms with E-state index in [1.165, 1.54) is 11.4 Å². The first-order valence-electron chi connectivity index (χ1n) is 9.70. The summed E-state index contributed by atoms with van der Waals surface area (Å²) in [6.45, 7) is 1.69. The standard InChI is InChI=1S/C21H23ClN2O4S/c1-28-20-9-6-16(22)14-18(20)21(25)24-12-4-5-15-13-17(7-8-19(15)24)29(26,27)23-10-2-3-11-23/h6-9,13-14H,2-5,10-12H2,1H3. The van der Waals surface area contributed by atoms with Crippen molar-refractivity contribution >= 4 is 33.2 Å². The Labute approximate surface area is 176 Å². The summed E-state index contributed by atoms with van der Waals surface area (Å²) in [6, 6.07) is 10.0. The van der Waals surface area contributed by atoms with E-state index < -0.39 is 10.0 Å². The Bertz CT molecular complexity index is 1050. The third-order valence-corrected chi connectivity index (χ3v) is 7.64. The van der Waals surface area contributed by atoms with Crippen LogP contribution in [0.15, 0.2) is 41.3 Å². The van der Waals surface area contributed by atoms with Gasteiger partial charge in [0.1, 0.15) is 5.75 Å². The number of hydrogen-bond acceptors (Lipinski definition) is 4. The highest BCUT2D eigenvalue weighted by atomic mass is 35.5. The molecule has 154 valence electrons. The van der Waals surface area contributed by atoms with Crippen molar-refractivity contribution in [2.24, 2.45) is 0 Å². The molecule has 4 rings (SSSR count). The van der Waals surface area contributed by atoms with Crippen LogP contribution in [0.2, 0.25) is 5.02 Å². The number of sulfonamides is 1. The van der Waals surface area contributed by atoms with Crippen LogP contribution >= 0.6 is 11.6 Å². The molecule has 0 saturated carbocycles. The number of halogens is 1. The van der Waals surface area contributed by atoms with Crippen LogP contribution in [0.3, 0.4) is 0 Å². The normalized spacial score (nSPS) is 17.2. The van der Waals surface area contributed by atoms with E-state index in [9.17, 15) is 13.2 Å². The van der Waals surface area contributed by atoms with Gasteiger partial charge in [0, 0.05) is 30.3 Å². The Morgan fingerprint density at radius 3 is 2.52 bits per heavy atom. The van der Waals surface area contributed by atoms with Crippen LogP contribution in [-0.4, -0.2) is 45.4 Å². The molecule has 2 aliphatic heterocycles. The lowest BCUT2D eigenvalue weighted by molar-refractivity contribution is 0.0982. The van der Waals surface area contributed by atoms with Crippen molar-refractivity contribution < 1.29 is 17.9 Å². The Kier molecular flexibility index (Phi) is 5.55. The predicted octanol–water partition coefficient (Wildman–Crippen LogP) is 3.73. The minimum Gasteiger partial charge on any atom is -0.496 e. The van der Waals surface area contributed by atoms with Crippen LogP contribution in [0.5, 0.6) is 5.75 Å². The molecule has 2 aromatic rings. The van der Waals surface area contributed by atoms with Crippen molar-refractivity contribution in [3.8, 4) is 5.75 Å². The average Bonchev–Trinajstić information content (AvgIpc) is 3.28. The second-order valence-electron chi connectivity index (χ2n) is 7.31. The molecular weight excluding hydrogens is 412 g/mol. The summed E-state index contributed by atoms with van der Waals surface area (Å²) < 4.78 is 32.7. The molecule has 1 amide bonds. The second-order valence-corrected chi connectivity index (χ2v) is 9.68. The van der Waals surface area contributed by atoms with Gasteiger partial charge in [-0.25, -0.2) is 8.42 Å². The number of amides is 1. The van der Waals surface area contributed by atoms with Crippen molar-refractivity contribution in [1.82, 2.24) is 4.31 Å². The van der Waals surface area contributed by atoms with E-state index in [0.29, 0.717) is 40.9 Å². The summed E-state index contributed by atoms with van der Waals surface area (Å²) in [7, 11) is -1.97. The van der Waals surface area contributed by atoms with Crippen LogP contribution in [0.1, 0.15) is 35.2 Å². The number of rotatable bonds is 4. The molecule has 1 saturated heterocycles. The first kappa shape index (κ1) is 20.2. The van der Waals surface area contributed by atoms with Gasteiger partial charge in [-0.05, 0) is 67.6 Å². The molecule has 0 bridgehead atoms. The highest BCUT2D eigenvalue weighted by molar-refractivity contribution is 7.89. The SMILES string of the molecule is COc1ccc(Cl)cc1C(=O)N1CCCc2cc(S(=O)(=O)N3CCCC3)ccc21. The maximum atomic E-state index is 13.2. The van der Waals surface area contributed by atoms with Gasteiger partial charge in [-0.2, -0.15) is 4.31 Å². The average molecular weight is 435 g/mol. The summed E-state index contributed by atoms with van der Waals surface area (Å²) in [5.74, 6) is 0.250. The number of anilines is 1. The quantitative estimate of drug-likeness (QED) is 0.735. The van der Waals surface area contributed by atoms with Crippen molar-refractivity contribution in [2.75, 3.05) is 31.6 Å². The first-order valence-corrected chi connectivity index (χ1v) is 11.5. The third kappa shape index (κ3) is 3.74. The number of aryl methyl sites for hydroxylation is 1. The van der Waals surface area contributed by atoms with E-state index in [1.54, 1.807) is 41.3 Å². The lowest BCUT2D eigenvalue weighted by Crippen LogP contribution is -2.36. The van der Waals surface area contributed by atoms with Crippen LogP contribution in [0.4, 0.5) is 5.69 Å². The summed E-state index contributed by atoms with van der Waals surface area (Å²) in [5, 5.41) is 0.457. The molecule has 6 nitrogen and oxygen atoms in total. The molecule has 1 fully saturated rings. The minimum absolute atomic E-state index is 0.208. The molecule has 0 atom stereocenters. The van der Waals surface area contributed by atoms with E-state index in [-0.39, 0.29) is 5.91 Å². The first-order chi connectivity index (χ1) is 13.9. The smallest absolute Gasteiger partial charge is 0.262 e. The number of ether oxygens (including phenoxy) is 1. The summed E-state index contributed by atoms with van der Waals surface area (Å²) >= 11 is 6.09. The van der Waals surface area contributed by atoms with E-state index >= 15 is 0 Å². The van der Waals surface area contributed by atoms with Gasteiger partial charge in [0.15, 0.2) is 0 Å². The van der Waals surface area contributed by atoms with Gasteiger partial charge < -0.3 is 9.64 Å². The van der Waals surface area contributed by atoms with Crippen LogP contribution in [-0.2, 0) is 16.4 Å². The molecule has 0 radical (unpaired) electrons. The number of carbonyl (C=O) groups is 1. The van der Waals surface area contributed by atoms with Gasteiger partial charge in [0.25, 0.3) is 5.91 Å². The second kappa shape index (κ2) is 7.97. The van der Waals surface area contributed by atoms with Gasteiger partial charge >= 0.3 is 0 Å². The zero-order valence-electron chi connectivity index (χ0n) is 16.2. The number of carbonyl (C=O) groups excluding carboxylic acids is 1. The molecule has 2 heterocycles. The molecule has 0 aromatic heterocycles. The summed E-state index contributed by atoms with van der Waals surface area (Å²) in [4.78, 5) is 15.2. The highest BCUT2D eigenvalue weighted by Crippen LogP contribution is 2.34. The van der Waals surface area contributed by atoms with Crippen molar-refractivity contribution in [3.05, 3.63) is 52.5 Å². The Hall–Kier alpha value is -2.09. The molecule has 0 aliphatic carbocycles. The van der Waals surface area contributed by atoms with E-state index in [0.717, 1.165) is 36.9 Å². The van der Waals surface area contributed by atoms with E-state index in [2.05, 4.69) is 0 Å². The fourth-order valence-corrected chi connectivity index (χ4v) is 5.76. The molecule has 29 heavy (non-hydrogen) atoms. The molecule has 2 aromatic carbocycles. The largest absolute Gasteiger partial charge is 0.496 e. The molecule has 8 heteroatoms. The lowest BCUT2D eigenvalue weighted by Gasteiger charge is -2.30. The molecule has 0 N–H and O–H groups in total. The number of fused-ring (bicyclic) bond motifs is 1. The van der Waals surface area contributed by atoms with Gasteiger partial charge in [0.05, 0.1) is 17.6 Å². The lowest BCUT2D eigenvalue weighted by atomic mass is 10.0. The number of methoxy groups -OCH3 is 1. The predicted molar refractivity (Wildman–Crippen MR) is 112 cm³/mol. The maximum Gasteiger partial charge on any atom is 0.262 e. The zero-order chi connectivity index (χ0) is 20.6. The maximum absolute atomic E-state index is 13.2.